The van der Waals surface area contributed by atoms with Gasteiger partial charge in [-0.15, -0.1) is 0 Å². The van der Waals surface area contributed by atoms with Crippen LogP contribution in [0.4, 0.5) is 5.88 Å². The third-order valence-electron chi connectivity index (χ3n) is 2.72. The number of hydrogen-bond donors (Lipinski definition) is 1. The molecule has 9 nitrogen and oxygen atoms in total. The highest BCUT2D eigenvalue weighted by molar-refractivity contribution is 9.11. The van der Waals surface area contributed by atoms with Crippen LogP contribution in [0, 0.1) is 10.1 Å². The van der Waals surface area contributed by atoms with Crippen molar-refractivity contribution < 1.29 is 23.6 Å². The van der Waals surface area contributed by atoms with E-state index in [0.717, 1.165) is 10.7 Å². The SMILES string of the molecule is COc1cc(Br)cc(Br)c1OCC(=O)NN=Cc1ccc([N+](=O)[O-])o1. The number of carbonyl (C=O) groups is 1. The van der Waals surface area contributed by atoms with Crippen LogP contribution in [0.5, 0.6) is 11.5 Å². The molecule has 0 bridgehead atoms. The molecule has 0 aliphatic heterocycles. The third kappa shape index (κ3) is 5.29. The van der Waals surface area contributed by atoms with Crippen LogP contribution in [-0.4, -0.2) is 30.8 Å². The van der Waals surface area contributed by atoms with Gasteiger partial charge in [0.2, 0.25) is 0 Å². The summed E-state index contributed by atoms with van der Waals surface area (Å²) in [5, 5.41) is 14.1. The highest BCUT2D eigenvalue weighted by Crippen LogP contribution is 2.38. The van der Waals surface area contributed by atoms with Crippen LogP contribution < -0.4 is 14.9 Å². The summed E-state index contributed by atoms with van der Waals surface area (Å²) in [5.41, 5.74) is 2.22. The van der Waals surface area contributed by atoms with E-state index in [1.807, 2.05) is 0 Å². The van der Waals surface area contributed by atoms with Crippen LogP contribution in [0.15, 0.2) is 42.7 Å². The fourth-order valence-corrected chi connectivity index (χ4v) is 2.98. The molecule has 1 amide bonds. The highest BCUT2D eigenvalue weighted by Gasteiger charge is 2.13. The lowest BCUT2D eigenvalue weighted by Crippen LogP contribution is -2.24. The van der Waals surface area contributed by atoms with E-state index in [2.05, 4.69) is 42.4 Å². The Morgan fingerprint density at radius 1 is 1.44 bits per heavy atom. The van der Waals surface area contributed by atoms with E-state index in [0.29, 0.717) is 16.0 Å². The maximum absolute atomic E-state index is 11.7. The molecule has 0 aliphatic rings. The number of hydrogen-bond acceptors (Lipinski definition) is 7. The highest BCUT2D eigenvalue weighted by atomic mass is 79.9. The van der Waals surface area contributed by atoms with Gasteiger partial charge >= 0.3 is 5.88 Å². The molecule has 0 unspecified atom stereocenters. The second-order valence-corrected chi connectivity index (χ2v) is 6.20. The number of benzene rings is 1. The van der Waals surface area contributed by atoms with Gasteiger partial charge in [-0.1, -0.05) is 15.9 Å². The van der Waals surface area contributed by atoms with Gasteiger partial charge < -0.3 is 13.9 Å². The molecule has 132 valence electrons. The minimum Gasteiger partial charge on any atom is -0.493 e. The fourth-order valence-electron chi connectivity index (χ4n) is 1.68. The first kappa shape index (κ1) is 18.9. The molecular weight excluding hydrogens is 466 g/mol. The topological polar surface area (TPSA) is 116 Å². The molecule has 0 aliphatic carbocycles. The molecular formula is C14H11Br2N3O6. The molecule has 0 spiro atoms. The van der Waals surface area contributed by atoms with Crippen molar-refractivity contribution in [1.29, 1.82) is 0 Å². The summed E-state index contributed by atoms with van der Waals surface area (Å²) in [6.45, 7) is -0.313. The summed E-state index contributed by atoms with van der Waals surface area (Å²) in [6, 6.07) is 5.98. The Labute approximate surface area is 158 Å². The molecule has 0 atom stereocenters. The second kappa shape index (κ2) is 8.62. The van der Waals surface area contributed by atoms with Gasteiger partial charge in [0.1, 0.15) is 4.92 Å². The van der Waals surface area contributed by atoms with E-state index < -0.39 is 16.7 Å². The van der Waals surface area contributed by atoms with Crippen molar-refractivity contribution in [3.63, 3.8) is 0 Å². The normalized spacial score (nSPS) is 10.7. The predicted molar refractivity (Wildman–Crippen MR) is 95.0 cm³/mol. The Hall–Kier alpha value is -2.40. The molecule has 0 saturated carbocycles. The molecule has 0 saturated heterocycles. The van der Waals surface area contributed by atoms with Gasteiger partial charge in [-0.05, 0) is 34.1 Å². The Balaban J connectivity index is 1.90. The van der Waals surface area contributed by atoms with E-state index >= 15 is 0 Å². The number of nitrogens with zero attached hydrogens (tertiary/aromatic N) is 2. The maximum Gasteiger partial charge on any atom is 0.433 e. The quantitative estimate of drug-likeness (QED) is 0.372. The lowest BCUT2D eigenvalue weighted by atomic mass is 10.3. The molecule has 1 aromatic heterocycles. The third-order valence-corrected chi connectivity index (χ3v) is 3.76. The number of furan rings is 1. The number of methoxy groups -OCH3 is 1. The Morgan fingerprint density at radius 2 is 2.20 bits per heavy atom. The summed E-state index contributed by atoms with van der Waals surface area (Å²) in [6.07, 6.45) is 1.14. The first-order valence-electron chi connectivity index (χ1n) is 6.62. The maximum atomic E-state index is 11.7. The number of halogens is 2. The van der Waals surface area contributed by atoms with Crippen LogP contribution in [0.1, 0.15) is 5.76 Å². The van der Waals surface area contributed by atoms with Crippen LogP contribution in [0.2, 0.25) is 0 Å². The molecule has 1 aromatic carbocycles. The Bertz CT molecular complexity index is 821. The standard InChI is InChI=1S/C14H11Br2N3O6/c1-23-11-5-8(15)4-10(16)14(11)24-7-12(20)18-17-6-9-2-3-13(25-9)19(21)22/h2-6H,7H2,1H3,(H,18,20). The average Bonchev–Trinajstić information content (AvgIpc) is 3.02. The molecule has 1 N–H and O–H groups in total. The van der Waals surface area contributed by atoms with Gasteiger partial charge in [0.25, 0.3) is 5.91 Å². The van der Waals surface area contributed by atoms with Crippen molar-refractivity contribution in [3.05, 3.63) is 49.1 Å². The van der Waals surface area contributed by atoms with Gasteiger partial charge in [-0.3, -0.25) is 14.9 Å². The van der Waals surface area contributed by atoms with Crippen LogP contribution in [-0.2, 0) is 4.79 Å². The zero-order valence-corrected chi connectivity index (χ0v) is 15.9. The summed E-state index contributed by atoms with van der Waals surface area (Å²) in [5.74, 6) is -0.00496. The number of hydrazone groups is 1. The molecule has 0 fully saturated rings. The van der Waals surface area contributed by atoms with E-state index in [1.165, 1.54) is 19.2 Å². The monoisotopic (exact) mass is 475 g/mol. The van der Waals surface area contributed by atoms with Crippen LogP contribution >= 0.6 is 31.9 Å². The van der Waals surface area contributed by atoms with Gasteiger partial charge in [0.15, 0.2) is 23.9 Å². The first-order chi connectivity index (χ1) is 11.9. The number of ether oxygens (including phenoxy) is 2. The van der Waals surface area contributed by atoms with E-state index in [1.54, 1.807) is 12.1 Å². The van der Waals surface area contributed by atoms with Crippen LogP contribution in [0.3, 0.4) is 0 Å². The van der Waals surface area contributed by atoms with Gasteiger partial charge in [0.05, 0.1) is 23.9 Å². The largest absolute Gasteiger partial charge is 0.493 e. The predicted octanol–water partition coefficient (Wildman–Crippen LogP) is 3.25. The summed E-state index contributed by atoms with van der Waals surface area (Å²) >= 11 is 6.64. The van der Waals surface area contributed by atoms with E-state index in [9.17, 15) is 14.9 Å². The van der Waals surface area contributed by atoms with Crippen molar-refractivity contribution in [2.75, 3.05) is 13.7 Å². The van der Waals surface area contributed by atoms with Crippen LogP contribution in [0.25, 0.3) is 0 Å². The summed E-state index contributed by atoms with van der Waals surface area (Å²) < 4.78 is 16.9. The lowest BCUT2D eigenvalue weighted by Gasteiger charge is -2.12. The number of rotatable bonds is 7. The van der Waals surface area contributed by atoms with Crippen molar-refractivity contribution in [2.45, 2.75) is 0 Å². The molecule has 25 heavy (non-hydrogen) atoms. The second-order valence-electron chi connectivity index (χ2n) is 4.43. The number of nitro groups is 1. The number of carbonyl (C=O) groups excluding carboxylic acids is 1. The van der Waals surface area contributed by atoms with E-state index in [4.69, 9.17) is 13.9 Å². The van der Waals surface area contributed by atoms with Crippen molar-refractivity contribution in [2.24, 2.45) is 5.10 Å². The van der Waals surface area contributed by atoms with Gasteiger partial charge in [-0.2, -0.15) is 5.10 Å². The lowest BCUT2D eigenvalue weighted by molar-refractivity contribution is -0.402. The first-order valence-corrected chi connectivity index (χ1v) is 8.21. The average molecular weight is 477 g/mol. The minimum atomic E-state index is -0.673. The smallest absolute Gasteiger partial charge is 0.433 e. The summed E-state index contributed by atoms with van der Waals surface area (Å²) in [4.78, 5) is 21.6. The minimum absolute atomic E-state index is 0.130. The van der Waals surface area contributed by atoms with Crippen molar-refractivity contribution >= 4 is 49.9 Å². The van der Waals surface area contributed by atoms with E-state index in [-0.39, 0.29) is 12.4 Å². The Morgan fingerprint density at radius 3 is 2.84 bits per heavy atom. The molecule has 2 aromatic rings. The number of amides is 1. The van der Waals surface area contributed by atoms with Gasteiger partial charge in [0, 0.05) is 4.47 Å². The zero-order valence-electron chi connectivity index (χ0n) is 12.7. The molecule has 2 rings (SSSR count). The van der Waals surface area contributed by atoms with Gasteiger partial charge in [-0.25, -0.2) is 5.43 Å². The van der Waals surface area contributed by atoms with Crippen molar-refractivity contribution in [1.82, 2.24) is 5.43 Å². The molecule has 1 heterocycles. The summed E-state index contributed by atoms with van der Waals surface area (Å²) in [7, 11) is 1.48. The molecule has 0 radical (unpaired) electrons. The zero-order chi connectivity index (χ0) is 18.4. The Kier molecular flexibility index (Phi) is 6.53. The number of nitrogens with one attached hydrogen (secondary N) is 1. The fraction of sp³-hybridized carbons (Fsp3) is 0.143. The van der Waals surface area contributed by atoms with Crippen molar-refractivity contribution in [3.8, 4) is 11.5 Å². The molecule has 11 heteroatoms.